The quantitative estimate of drug-likeness (QED) is 0.718. The first-order valence-corrected chi connectivity index (χ1v) is 10.1. The Kier molecular flexibility index (Phi) is 4.92. The number of aromatic nitrogens is 2. The fraction of sp³-hybridized carbons (Fsp3) is 0.167. The molecule has 1 heterocycles. The van der Waals surface area contributed by atoms with Crippen LogP contribution in [0, 0.1) is 0 Å². The third-order valence-corrected chi connectivity index (χ3v) is 2.84. The van der Waals surface area contributed by atoms with E-state index >= 15 is 0 Å². The number of halogens is 3. The van der Waals surface area contributed by atoms with Crippen molar-refractivity contribution in [1.82, 2.24) is 9.97 Å². The molecule has 8 heteroatoms. The van der Waals surface area contributed by atoms with E-state index in [0.717, 1.165) is 29.7 Å². The molecule has 4 nitrogen and oxygen atoms in total. The largest absolute Gasteiger partial charge is 0.345 e. The summed E-state index contributed by atoms with van der Waals surface area (Å²) in [6, 6.07) is 8.18. The third kappa shape index (κ3) is 4.35. The number of hydrogen-bond acceptors (Lipinski definition) is 3. The molecule has 1 aromatic heterocycles. The van der Waals surface area contributed by atoms with Crippen molar-refractivity contribution < 1.29 is 4.57 Å². The van der Waals surface area contributed by atoms with E-state index in [0.29, 0.717) is 0 Å². The molecule has 1 aromatic carbocycles. The van der Waals surface area contributed by atoms with Gasteiger partial charge in [0.25, 0.3) is 0 Å². The van der Waals surface area contributed by atoms with Crippen molar-refractivity contribution in [2.45, 2.75) is 12.8 Å². The van der Waals surface area contributed by atoms with E-state index in [1.807, 2.05) is 18.2 Å². The van der Waals surface area contributed by atoms with E-state index in [1.54, 1.807) is 6.20 Å². The van der Waals surface area contributed by atoms with Crippen LogP contribution in [0.4, 0.5) is 0 Å². The molecular weight excluding hydrogens is 341 g/mol. The molecule has 1 aliphatic carbocycles. The maximum Gasteiger partial charge on any atom is 0.345 e. The van der Waals surface area contributed by atoms with Crippen LogP contribution < -0.4 is 5.69 Å². The molecule has 0 fully saturated rings. The summed E-state index contributed by atoms with van der Waals surface area (Å²) in [5.74, 6) is 0. The first kappa shape index (κ1) is 15.6. The lowest BCUT2D eigenvalue weighted by Crippen LogP contribution is -2.16. The predicted octanol–water partition coefficient (Wildman–Crippen LogP) is 4.35. The Morgan fingerprint density at radius 3 is 2.40 bits per heavy atom. The summed E-state index contributed by atoms with van der Waals surface area (Å²) in [7, 11) is 0. The van der Waals surface area contributed by atoms with Gasteiger partial charge < -0.3 is 4.98 Å². The minimum atomic E-state index is -3.22. The van der Waals surface area contributed by atoms with Gasteiger partial charge in [0.1, 0.15) is 0 Å². The number of fused-ring (bicyclic) bond motifs is 3. The van der Waals surface area contributed by atoms with Crippen LogP contribution in [0.25, 0.3) is 11.3 Å². The van der Waals surface area contributed by atoms with Gasteiger partial charge in [0.05, 0.1) is 5.69 Å². The Morgan fingerprint density at radius 2 is 1.70 bits per heavy atom. The lowest BCUT2D eigenvalue weighted by Gasteiger charge is -2.17. The van der Waals surface area contributed by atoms with Crippen LogP contribution in [0.15, 0.2) is 35.3 Å². The predicted molar refractivity (Wildman–Crippen MR) is 82.9 cm³/mol. The van der Waals surface area contributed by atoms with E-state index < -0.39 is 5.20 Å². The van der Waals surface area contributed by atoms with Gasteiger partial charge in [-0.05, 0) is 57.7 Å². The smallest absolute Gasteiger partial charge is 0.305 e. The molecule has 106 valence electrons. The SMILES string of the molecule is O=P(Cl)(Cl)Cl.O=c1ncc2c([nH]1)-c1ccccc1CC2. The van der Waals surface area contributed by atoms with Gasteiger partial charge in [-0.25, -0.2) is 9.78 Å². The zero-order valence-corrected chi connectivity index (χ0v) is 13.3. The van der Waals surface area contributed by atoms with E-state index in [9.17, 15) is 9.36 Å². The van der Waals surface area contributed by atoms with Crippen LogP contribution in [0.3, 0.4) is 0 Å². The Bertz CT molecular complexity index is 718. The molecule has 0 saturated carbocycles. The van der Waals surface area contributed by atoms with E-state index in [4.69, 9.17) is 0 Å². The van der Waals surface area contributed by atoms with Crippen molar-refractivity contribution in [3.8, 4) is 11.3 Å². The van der Waals surface area contributed by atoms with Crippen molar-refractivity contribution in [2.24, 2.45) is 0 Å². The van der Waals surface area contributed by atoms with Crippen molar-refractivity contribution in [3.05, 3.63) is 52.1 Å². The molecule has 0 saturated heterocycles. The summed E-state index contributed by atoms with van der Waals surface area (Å²) >= 11 is 13.8. The van der Waals surface area contributed by atoms with Gasteiger partial charge in [-0.2, -0.15) is 0 Å². The summed E-state index contributed by atoms with van der Waals surface area (Å²) in [6.45, 7) is 0. The standard InChI is InChI=1S/C12H10N2O.Cl3OP/c15-12-13-7-9-6-5-8-3-1-2-4-10(8)11(9)14-12;1-5(2,3)4/h1-4,7H,5-6H2,(H,13,14,15);. The van der Waals surface area contributed by atoms with Gasteiger partial charge in [0.2, 0.25) is 0 Å². The van der Waals surface area contributed by atoms with Crippen LogP contribution in [0.5, 0.6) is 0 Å². The summed E-state index contributed by atoms with van der Waals surface area (Å²) in [5, 5.41) is -3.22. The van der Waals surface area contributed by atoms with Crippen LogP contribution >= 0.6 is 38.9 Å². The highest BCUT2D eigenvalue weighted by molar-refractivity contribution is 8.24. The minimum absolute atomic E-state index is 0.273. The molecule has 0 amide bonds. The molecule has 0 spiro atoms. The van der Waals surface area contributed by atoms with Crippen LogP contribution in [-0.4, -0.2) is 9.97 Å². The van der Waals surface area contributed by atoms with E-state index in [-0.39, 0.29) is 5.69 Å². The maximum atomic E-state index is 11.2. The van der Waals surface area contributed by atoms with Crippen LogP contribution in [0.2, 0.25) is 0 Å². The van der Waals surface area contributed by atoms with Gasteiger partial charge in [0.15, 0.2) is 0 Å². The number of aromatic amines is 1. The highest BCUT2D eigenvalue weighted by Crippen LogP contribution is 2.61. The zero-order chi connectivity index (χ0) is 14.8. The summed E-state index contributed by atoms with van der Waals surface area (Å²) < 4.78 is 9.51. The van der Waals surface area contributed by atoms with Gasteiger partial charge >= 0.3 is 10.9 Å². The topological polar surface area (TPSA) is 62.8 Å². The second-order valence-corrected chi connectivity index (χ2v) is 10.8. The Labute approximate surface area is 129 Å². The highest BCUT2D eigenvalue weighted by Gasteiger charge is 2.16. The van der Waals surface area contributed by atoms with Crippen molar-refractivity contribution in [1.29, 1.82) is 0 Å². The van der Waals surface area contributed by atoms with Crippen molar-refractivity contribution in [3.63, 3.8) is 0 Å². The lowest BCUT2D eigenvalue weighted by molar-refractivity contribution is 0.600. The molecule has 2 aromatic rings. The summed E-state index contributed by atoms with van der Waals surface area (Å²) in [6.07, 6.45) is 3.66. The molecule has 0 atom stereocenters. The Morgan fingerprint density at radius 1 is 1.10 bits per heavy atom. The highest BCUT2D eigenvalue weighted by atomic mass is 36.0. The van der Waals surface area contributed by atoms with Gasteiger partial charge in [0, 0.05) is 11.8 Å². The molecule has 3 rings (SSSR count). The number of nitrogens with zero attached hydrogens (tertiary/aromatic N) is 1. The number of nitrogens with one attached hydrogen (secondary N) is 1. The summed E-state index contributed by atoms with van der Waals surface area (Å²) in [5.41, 5.74) is 4.24. The fourth-order valence-electron chi connectivity index (χ4n) is 2.10. The average Bonchev–Trinajstić information content (AvgIpc) is 2.36. The number of benzene rings is 1. The normalized spacial score (nSPS) is 12.8. The molecule has 1 aliphatic rings. The third-order valence-electron chi connectivity index (χ3n) is 2.84. The van der Waals surface area contributed by atoms with Gasteiger partial charge in [-0.15, -0.1) is 0 Å². The molecule has 0 bridgehead atoms. The van der Waals surface area contributed by atoms with Crippen LogP contribution in [-0.2, 0) is 17.4 Å². The maximum absolute atomic E-state index is 11.2. The minimum Gasteiger partial charge on any atom is -0.305 e. The van der Waals surface area contributed by atoms with E-state index in [2.05, 4.69) is 49.8 Å². The Hall–Kier alpha value is -0.800. The monoisotopic (exact) mass is 350 g/mol. The number of hydrogen-bond donors (Lipinski definition) is 1. The zero-order valence-electron chi connectivity index (χ0n) is 10.1. The first-order valence-electron chi connectivity index (χ1n) is 5.70. The van der Waals surface area contributed by atoms with Crippen molar-refractivity contribution >= 4 is 38.9 Å². The second kappa shape index (κ2) is 6.31. The molecular formula is C12H10Cl3N2O2P. The van der Waals surface area contributed by atoms with Gasteiger partial charge in [-0.3, -0.25) is 4.57 Å². The first-order chi connectivity index (χ1) is 9.34. The molecule has 20 heavy (non-hydrogen) atoms. The average molecular weight is 352 g/mol. The van der Waals surface area contributed by atoms with Gasteiger partial charge in [-0.1, -0.05) is 24.3 Å². The van der Waals surface area contributed by atoms with Crippen molar-refractivity contribution in [2.75, 3.05) is 0 Å². The molecule has 1 N–H and O–H groups in total. The Balaban J connectivity index is 0.000000257. The number of rotatable bonds is 0. The molecule has 0 radical (unpaired) electrons. The summed E-state index contributed by atoms with van der Waals surface area (Å²) in [4.78, 5) is 17.8. The molecule has 0 aliphatic heterocycles. The number of H-pyrrole nitrogens is 1. The molecule has 0 unspecified atom stereocenters. The number of aryl methyl sites for hydroxylation is 2. The van der Waals surface area contributed by atoms with Crippen LogP contribution in [0.1, 0.15) is 11.1 Å². The van der Waals surface area contributed by atoms with E-state index in [1.165, 1.54) is 5.56 Å². The second-order valence-electron chi connectivity index (χ2n) is 4.14. The lowest BCUT2D eigenvalue weighted by atomic mass is 9.90. The fourth-order valence-corrected chi connectivity index (χ4v) is 2.10.